The number of carbonyl (C=O) groups excluding carboxylic acids is 2. The molecule has 1 aliphatic heterocycles. The summed E-state index contributed by atoms with van der Waals surface area (Å²) in [6.45, 7) is 3.04. The molecule has 3 saturated carbocycles. The summed E-state index contributed by atoms with van der Waals surface area (Å²) in [6, 6.07) is 0. The number of ether oxygens (including phenoxy) is 1. The molecule has 4 fully saturated rings. The number of hydrogen-bond donors (Lipinski definition) is 0. The van der Waals surface area contributed by atoms with Crippen LogP contribution in [-0.2, 0) is 14.3 Å². The Bertz CT molecular complexity index is 606. The van der Waals surface area contributed by atoms with Crippen molar-refractivity contribution < 1.29 is 14.3 Å². The second-order valence-corrected chi connectivity index (χ2v) is 8.55. The van der Waals surface area contributed by atoms with E-state index >= 15 is 0 Å². The van der Waals surface area contributed by atoms with Crippen molar-refractivity contribution in [3.05, 3.63) is 11.6 Å². The first-order valence-corrected chi connectivity index (χ1v) is 8.94. The smallest absolute Gasteiger partial charge is 0.155 e. The fourth-order valence-electron chi connectivity index (χ4n) is 6.81. The van der Waals surface area contributed by atoms with E-state index < -0.39 is 0 Å². The van der Waals surface area contributed by atoms with Crippen molar-refractivity contribution in [2.24, 2.45) is 28.6 Å². The van der Waals surface area contributed by atoms with Gasteiger partial charge in [-0.2, -0.15) is 0 Å². The normalized spacial score (nSPS) is 52.9. The van der Waals surface area contributed by atoms with Crippen LogP contribution < -0.4 is 0 Å². The van der Waals surface area contributed by atoms with Crippen LogP contribution in [0.3, 0.4) is 0 Å². The molecule has 118 valence electrons. The lowest BCUT2D eigenvalue weighted by atomic mass is 9.47. The largest absolute Gasteiger partial charge is 0.373 e. The molecule has 3 heteroatoms. The summed E-state index contributed by atoms with van der Waals surface area (Å²) in [6.07, 6.45) is 8.83. The Morgan fingerprint density at radius 3 is 2.86 bits per heavy atom. The molecule has 0 spiro atoms. The van der Waals surface area contributed by atoms with Gasteiger partial charge in [-0.15, -0.1) is 0 Å². The van der Waals surface area contributed by atoms with Crippen LogP contribution in [0.25, 0.3) is 0 Å². The third kappa shape index (κ3) is 1.42. The van der Waals surface area contributed by atoms with Gasteiger partial charge in [0, 0.05) is 23.7 Å². The van der Waals surface area contributed by atoms with E-state index in [0.29, 0.717) is 30.0 Å². The van der Waals surface area contributed by atoms with E-state index in [1.54, 1.807) is 0 Å². The number of hydrogen-bond acceptors (Lipinski definition) is 3. The molecule has 3 nitrogen and oxygen atoms in total. The summed E-state index contributed by atoms with van der Waals surface area (Å²) in [7, 11) is 0. The third-order valence-corrected chi connectivity index (χ3v) is 7.94. The molecular formula is C19H24O3. The van der Waals surface area contributed by atoms with Gasteiger partial charge in [0.2, 0.25) is 0 Å². The number of rotatable bonds is 0. The summed E-state index contributed by atoms with van der Waals surface area (Å²) >= 11 is 0. The SMILES string of the molecule is C[C@]12CCC3[C@@H](C[C@@H]4OC[C@@]35CCC(=O)C=C45)[C@@H]1CCC2=O. The fraction of sp³-hybridized carbons (Fsp3) is 0.789. The summed E-state index contributed by atoms with van der Waals surface area (Å²) in [5.74, 6) is 2.61. The highest BCUT2D eigenvalue weighted by molar-refractivity contribution is 5.92. The fourth-order valence-corrected chi connectivity index (χ4v) is 6.81. The van der Waals surface area contributed by atoms with Crippen molar-refractivity contribution in [2.75, 3.05) is 6.61 Å². The second kappa shape index (κ2) is 4.11. The highest BCUT2D eigenvalue weighted by Crippen LogP contribution is 2.66. The quantitative estimate of drug-likeness (QED) is 0.690. The molecule has 1 saturated heterocycles. The zero-order valence-corrected chi connectivity index (χ0v) is 13.3. The number of carbonyl (C=O) groups is 2. The molecule has 5 aliphatic rings. The van der Waals surface area contributed by atoms with Gasteiger partial charge < -0.3 is 4.74 Å². The van der Waals surface area contributed by atoms with E-state index in [1.165, 1.54) is 5.57 Å². The molecule has 1 heterocycles. The maximum Gasteiger partial charge on any atom is 0.155 e. The molecule has 0 aromatic carbocycles. The van der Waals surface area contributed by atoms with Crippen LogP contribution >= 0.6 is 0 Å². The molecule has 5 rings (SSSR count). The zero-order chi connectivity index (χ0) is 15.1. The van der Waals surface area contributed by atoms with E-state index in [9.17, 15) is 9.59 Å². The van der Waals surface area contributed by atoms with Gasteiger partial charge in [-0.05, 0) is 61.5 Å². The summed E-state index contributed by atoms with van der Waals surface area (Å²) < 4.78 is 6.16. The molecular weight excluding hydrogens is 276 g/mol. The Morgan fingerprint density at radius 1 is 1.14 bits per heavy atom. The Labute approximate surface area is 131 Å². The molecule has 0 N–H and O–H groups in total. The molecule has 1 unspecified atom stereocenters. The molecule has 0 amide bonds. The Morgan fingerprint density at radius 2 is 2.00 bits per heavy atom. The van der Waals surface area contributed by atoms with E-state index in [2.05, 4.69) is 6.92 Å². The van der Waals surface area contributed by atoms with Crippen LogP contribution in [0.15, 0.2) is 11.6 Å². The molecule has 22 heavy (non-hydrogen) atoms. The minimum Gasteiger partial charge on any atom is -0.373 e. The van der Waals surface area contributed by atoms with Crippen LogP contribution in [0.2, 0.25) is 0 Å². The van der Waals surface area contributed by atoms with Gasteiger partial charge in [0.15, 0.2) is 5.78 Å². The lowest BCUT2D eigenvalue weighted by Gasteiger charge is -2.55. The molecule has 0 radical (unpaired) electrons. The zero-order valence-electron chi connectivity index (χ0n) is 13.3. The molecule has 2 bridgehead atoms. The number of ketones is 2. The van der Waals surface area contributed by atoms with Crippen molar-refractivity contribution in [2.45, 2.75) is 58.0 Å². The van der Waals surface area contributed by atoms with Crippen LogP contribution in [0.1, 0.15) is 51.9 Å². The topological polar surface area (TPSA) is 43.4 Å². The Hall–Kier alpha value is -0.960. The average molecular weight is 300 g/mol. The highest BCUT2D eigenvalue weighted by Gasteiger charge is 2.64. The summed E-state index contributed by atoms with van der Waals surface area (Å²) in [4.78, 5) is 24.3. The van der Waals surface area contributed by atoms with Crippen LogP contribution in [-0.4, -0.2) is 24.3 Å². The third-order valence-electron chi connectivity index (χ3n) is 7.94. The van der Waals surface area contributed by atoms with Crippen molar-refractivity contribution in [3.63, 3.8) is 0 Å². The van der Waals surface area contributed by atoms with E-state index in [4.69, 9.17) is 4.74 Å². The predicted octanol–water partition coefficient (Wildman–Crippen LogP) is 3.08. The van der Waals surface area contributed by atoms with Gasteiger partial charge >= 0.3 is 0 Å². The highest BCUT2D eigenvalue weighted by atomic mass is 16.5. The van der Waals surface area contributed by atoms with Crippen LogP contribution in [0.5, 0.6) is 0 Å². The van der Waals surface area contributed by atoms with Crippen molar-refractivity contribution in [1.29, 1.82) is 0 Å². The van der Waals surface area contributed by atoms with Crippen molar-refractivity contribution in [1.82, 2.24) is 0 Å². The molecule has 6 atom stereocenters. The van der Waals surface area contributed by atoms with Gasteiger partial charge in [-0.1, -0.05) is 6.92 Å². The van der Waals surface area contributed by atoms with Crippen LogP contribution in [0.4, 0.5) is 0 Å². The van der Waals surface area contributed by atoms with E-state index in [-0.39, 0.29) is 22.7 Å². The van der Waals surface area contributed by atoms with E-state index in [0.717, 1.165) is 45.1 Å². The first-order valence-electron chi connectivity index (χ1n) is 8.94. The lowest BCUT2D eigenvalue weighted by molar-refractivity contribution is -0.132. The Balaban J connectivity index is 1.58. The summed E-state index contributed by atoms with van der Waals surface area (Å²) in [5.41, 5.74) is 1.38. The molecule has 0 aromatic heterocycles. The van der Waals surface area contributed by atoms with Crippen LogP contribution in [0, 0.1) is 28.6 Å². The van der Waals surface area contributed by atoms with Gasteiger partial charge in [0.05, 0.1) is 12.7 Å². The first kappa shape index (κ1) is 13.5. The van der Waals surface area contributed by atoms with Gasteiger partial charge in [0.25, 0.3) is 0 Å². The van der Waals surface area contributed by atoms with E-state index in [1.807, 2.05) is 6.08 Å². The monoisotopic (exact) mass is 300 g/mol. The number of fused-ring (bicyclic) bond motifs is 3. The minimum absolute atomic E-state index is 0.0665. The lowest BCUT2D eigenvalue weighted by Crippen LogP contribution is -2.52. The maximum absolute atomic E-state index is 12.4. The van der Waals surface area contributed by atoms with Gasteiger partial charge in [-0.3, -0.25) is 9.59 Å². The number of Topliss-reactive ketones (excluding diaryl/α,β-unsaturated/α-hetero) is 1. The van der Waals surface area contributed by atoms with Gasteiger partial charge in [-0.25, -0.2) is 0 Å². The maximum atomic E-state index is 12.4. The summed E-state index contributed by atoms with van der Waals surface area (Å²) in [5, 5.41) is 0. The first-order chi connectivity index (χ1) is 10.5. The van der Waals surface area contributed by atoms with Gasteiger partial charge in [0.1, 0.15) is 5.78 Å². The standard InChI is InChI=1S/C19H24O3/c1-18-6-5-14-12(13(18)2-3-17(18)21)9-16-15-8-11(20)4-7-19(14,15)10-22-16/h8,12-14,16H,2-7,9-10H2,1H3/t12-,13-,14?,16-,18-,19-/m0/s1. The Kier molecular flexibility index (Phi) is 2.52. The molecule has 0 aromatic rings. The minimum atomic E-state index is -0.0665. The predicted molar refractivity (Wildman–Crippen MR) is 81.2 cm³/mol. The average Bonchev–Trinajstić information content (AvgIpc) is 2.94. The van der Waals surface area contributed by atoms with Crippen molar-refractivity contribution in [3.8, 4) is 0 Å². The molecule has 4 aliphatic carbocycles. The van der Waals surface area contributed by atoms with Crippen molar-refractivity contribution >= 4 is 11.6 Å². The second-order valence-electron chi connectivity index (χ2n) is 8.55.